The van der Waals surface area contributed by atoms with Crippen LogP contribution in [0.4, 0.5) is 0 Å². The Balaban J connectivity index is 0. The van der Waals surface area contributed by atoms with E-state index >= 15 is 0 Å². The molecule has 0 aromatic carbocycles. The van der Waals surface area contributed by atoms with Crippen LogP contribution in [0.1, 0.15) is 0 Å². The number of rotatable bonds is 2. The van der Waals surface area contributed by atoms with Gasteiger partial charge < -0.3 is 9.01 Å². The van der Waals surface area contributed by atoms with E-state index in [9.17, 15) is 9.03 Å². The fourth-order valence-corrected chi connectivity index (χ4v) is 0.916. The van der Waals surface area contributed by atoms with Crippen molar-refractivity contribution in [1.82, 2.24) is 0 Å². The maximum atomic E-state index is 9.58. The summed E-state index contributed by atoms with van der Waals surface area (Å²) in [5, 5.41) is 0. The molecule has 0 saturated carbocycles. The molecule has 0 aliphatic carbocycles. The zero-order valence-corrected chi connectivity index (χ0v) is 5.41. The maximum absolute atomic E-state index is 9.58. The van der Waals surface area contributed by atoms with Gasteiger partial charge in [0.25, 0.3) is 0 Å². The predicted octanol–water partition coefficient (Wildman–Crippen LogP) is -2.95. The number of phosphoric acid groups is 1. The van der Waals surface area contributed by atoms with Crippen molar-refractivity contribution in [3.05, 3.63) is 0 Å². The standard InChI is InChI=1S/GeH4.H3O6PSi/c;1-7(2,3)6-8(4)5/h1H4;4H,(H2,1,2,3). The van der Waals surface area contributed by atoms with Gasteiger partial charge in [-0.3, -0.25) is 14.2 Å². The van der Waals surface area contributed by atoms with Gasteiger partial charge in [0, 0.05) is 0 Å². The summed E-state index contributed by atoms with van der Waals surface area (Å²) in [6.45, 7) is 0. The second kappa shape index (κ2) is 4.18. The van der Waals surface area contributed by atoms with E-state index in [1.54, 1.807) is 0 Å². The first-order chi connectivity index (χ1) is 3.42. The van der Waals surface area contributed by atoms with Crippen LogP contribution in [0.25, 0.3) is 0 Å². The van der Waals surface area contributed by atoms with E-state index in [0.29, 0.717) is 0 Å². The summed E-state index contributed by atoms with van der Waals surface area (Å²) in [6.07, 6.45) is 0. The van der Waals surface area contributed by atoms with Crippen molar-refractivity contribution in [2.45, 2.75) is 0 Å². The van der Waals surface area contributed by atoms with E-state index < -0.39 is 17.0 Å². The second-order valence-corrected chi connectivity index (χ2v) is 3.09. The van der Waals surface area contributed by atoms with Crippen LogP contribution in [0.5, 0.6) is 0 Å². The van der Waals surface area contributed by atoms with E-state index in [-0.39, 0.29) is 17.6 Å². The molecular formula is H7GeO6PSi. The average Bonchev–Trinajstić information content (AvgIpc) is 1.21. The van der Waals surface area contributed by atoms with Crippen molar-refractivity contribution in [1.29, 1.82) is 0 Å². The SMILES string of the molecule is O=[Si](O)OP(=O)(O)O.[GeH4]. The molecule has 9 heteroatoms. The van der Waals surface area contributed by atoms with Crippen LogP contribution in [-0.2, 0) is 13.2 Å². The molecule has 0 amide bonds. The third-order valence-electron chi connectivity index (χ3n) is 0.197. The molecule has 0 aliphatic heterocycles. The first-order valence-corrected chi connectivity index (χ1v) is 4.19. The summed E-state index contributed by atoms with van der Waals surface area (Å²) < 4.78 is 22.3. The van der Waals surface area contributed by atoms with Crippen LogP contribution < -0.4 is 0 Å². The van der Waals surface area contributed by atoms with Crippen molar-refractivity contribution < 1.29 is 27.8 Å². The van der Waals surface area contributed by atoms with Crippen molar-refractivity contribution in [3.63, 3.8) is 0 Å². The topological polar surface area (TPSA) is 104 Å². The molecule has 0 aromatic rings. The Labute approximate surface area is 63.0 Å². The van der Waals surface area contributed by atoms with Crippen molar-refractivity contribution in [2.75, 3.05) is 0 Å². The molecule has 0 fully saturated rings. The van der Waals surface area contributed by atoms with Gasteiger partial charge in [0.2, 0.25) is 0 Å². The predicted molar refractivity (Wildman–Crippen MR) is 33.1 cm³/mol. The molecule has 0 saturated heterocycles. The van der Waals surface area contributed by atoms with E-state index in [1.807, 2.05) is 0 Å². The van der Waals surface area contributed by atoms with Gasteiger partial charge in [-0.15, -0.1) is 0 Å². The first-order valence-electron chi connectivity index (χ1n) is 1.40. The van der Waals surface area contributed by atoms with Crippen LogP contribution in [0, 0.1) is 0 Å². The molecule has 6 nitrogen and oxygen atoms in total. The van der Waals surface area contributed by atoms with E-state index in [0.717, 1.165) is 0 Å². The quantitative estimate of drug-likeness (QED) is 0.349. The van der Waals surface area contributed by atoms with E-state index in [2.05, 4.69) is 4.21 Å². The molecule has 0 atom stereocenters. The molecular weight excluding hydrogens is 228 g/mol. The minimum absolute atomic E-state index is 0. The Morgan fingerprint density at radius 3 is 1.78 bits per heavy atom. The van der Waals surface area contributed by atoms with Gasteiger partial charge in [0.15, 0.2) is 0 Å². The summed E-state index contributed by atoms with van der Waals surface area (Å²) in [5.41, 5.74) is 0. The molecule has 0 aromatic heterocycles. The van der Waals surface area contributed by atoms with Gasteiger partial charge in [-0.1, -0.05) is 0 Å². The molecule has 0 unspecified atom stereocenters. The molecule has 0 heterocycles. The molecule has 0 aliphatic rings. The zero-order valence-electron chi connectivity index (χ0n) is 3.51. The number of hydrogen-bond acceptors (Lipinski definition) is 3. The Morgan fingerprint density at radius 2 is 1.78 bits per heavy atom. The zero-order chi connectivity index (χ0) is 6.78. The Kier molecular flexibility index (Phi) is 5.58. The van der Waals surface area contributed by atoms with Gasteiger partial charge in [0.1, 0.15) is 0 Å². The summed E-state index contributed by atoms with van der Waals surface area (Å²) >= 11 is 0. The average molecular weight is 235 g/mol. The van der Waals surface area contributed by atoms with Crippen molar-refractivity contribution >= 4 is 34.6 Å². The third-order valence-corrected chi connectivity index (χ3v) is 1.77. The molecule has 0 radical (unpaired) electrons. The van der Waals surface area contributed by atoms with Crippen LogP contribution in [0.3, 0.4) is 0 Å². The van der Waals surface area contributed by atoms with Gasteiger partial charge in [-0.25, -0.2) is 4.57 Å². The Bertz CT molecular complexity index is 136. The fraction of sp³-hybridized carbons (Fsp3) is 0. The van der Waals surface area contributed by atoms with E-state index in [4.69, 9.17) is 14.6 Å². The summed E-state index contributed by atoms with van der Waals surface area (Å²) in [6, 6.07) is 0. The van der Waals surface area contributed by atoms with Gasteiger partial charge in [0.05, 0.1) is 0 Å². The minimum atomic E-state index is -4.74. The van der Waals surface area contributed by atoms with Crippen molar-refractivity contribution in [2.24, 2.45) is 0 Å². The number of hydrogen-bond donors (Lipinski definition) is 3. The Hall–Kier alpha value is 0.310. The normalized spacial score (nSPS) is 9.56. The van der Waals surface area contributed by atoms with Crippen LogP contribution in [-0.4, -0.2) is 41.3 Å². The van der Waals surface area contributed by atoms with Crippen LogP contribution >= 0.6 is 7.82 Å². The second-order valence-electron chi connectivity index (χ2n) is 0.848. The molecule has 3 N–H and O–H groups in total. The fourth-order valence-electron chi connectivity index (χ4n) is 0.102. The van der Waals surface area contributed by atoms with Crippen LogP contribution in [0.2, 0.25) is 0 Å². The van der Waals surface area contributed by atoms with Gasteiger partial charge in [-0.05, 0) is 0 Å². The third kappa shape index (κ3) is 11.7. The first kappa shape index (κ1) is 12.0. The summed E-state index contributed by atoms with van der Waals surface area (Å²) in [7, 11) is -8.24. The molecule has 56 valence electrons. The van der Waals surface area contributed by atoms with Gasteiger partial charge >= 0.3 is 34.6 Å². The molecule has 9 heavy (non-hydrogen) atoms. The van der Waals surface area contributed by atoms with E-state index in [1.165, 1.54) is 0 Å². The molecule has 0 rings (SSSR count). The monoisotopic (exact) mass is 236 g/mol. The van der Waals surface area contributed by atoms with Crippen LogP contribution in [0.15, 0.2) is 0 Å². The Morgan fingerprint density at radius 1 is 1.44 bits per heavy atom. The molecule has 0 spiro atoms. The van der Waals surface area contributed by atoms with Gasteiger partial charge in [-0.2, -0.15) is 0 Å². The van der Waals surface area contributed by atoms with Crippen molar-refractivity contribution in [3.8, 4) is 0 Å². The summed E-state index contributed by atoms with van der Waals surface area (Å²) in [4.78, 5) is 23.2. The molecule has 0 bridgehead atoms. The summed E-state index contributed by atoms with van der Waals surface area (Å²) in [5.74, 6) is 0.